The number of rotatable bonds is 6. The number of H-pyrrole nitrogens is 1. The van der Waals surface area contributed by atoms with E-state index < -0.39 is 15.8 Å². The Morgan fingerprint density at radius 1 is 1.26 bits per heavy atom. The lowest BCUT2D eigenvalue weighted by Gasteiger charge is -2.16. The molecule has 0 bridgehead atoms. The first-order valence-corrected chi connectivity index (χ1v) is 10.4. The van der Waals surface area contributed by atoms with Crippen molar-refractivity contribution in [1.82, 2.24) is 4.98 Å². The van der Waals surface area contributed by atoms with Gasteiger partial charge in [-0.15, -0.1) is 0 Å². The molecule has 2 N–H and O–H groups in total. The van der Waals surface area contributed by atoms with Gasteiger partial charge in [-0.1, -0.05) is 29.8 Å². The Morgan fingerprint density at radius 2 is 1.96 bits per heavy atom. The van der Waals surface area contributed by atoms with Crippen LogP contribution < -0.4 is 4.72 Å². The number of fused-ring (bicyclic) bond motifs is 1. The molecule has 2 aromatic carbocycles. The minimum absolute atomic E-state index is 0.105. The summed E-state index contributed by atoms with van der Waals surface area (Å²) in [5.74, 6) is -0.635. The molecule has 0 amide bonds. The zero-order valence-electron chi connectivity index (χ0n) is 15.1. The second-order valence-electron chi connectivity index (χ2n) is 6.65. The van der Waals surface area contributed by atoms with Crippen molar-refractivity contribution in [3.8, 4) is 6.07 Å². The van der Waals surface area contributed by atoms with Crippen molar-refractivity contribution < 1.29 is 12.8 Å². The lowest BCUT2D eigenvalue weighted by atomic mass is 9.87. The first kappa shape index (κ1) is 18.9. The van der Waals surface area contributed by atoms with Gasteiger partial charge in [0.25, 0.3) is 0 Å². The Hall–Kier alpha value is -2.85. The number of hydrogen-bond acceptors (Lipinski definition) is 3. The molecule has 1 aromatic heterocycles. The molecule has 3 aromatic rings. The number of sulfonamides is 1. The Kier molecular flexibility index (Phi) is 5.19. The lowest BCUT2D eigenvalue weighted by Crippen LogP contribution is -2.10. The zero-order valence-corrected chi connectivity index (χ0v) is 15.9. The quantitative estimate of drug-likeness (QED) is 0.658. The van der Waals surface area contributed by atoms with Gasteiger partial charge < -0.3 is 4.98 Å². The second kappa shape index (κ2) is 7.41. The fourth-order valence-electron chi connectivity index (χ4n) is 3.30. The van der Waals surface area contributed by atoms with E-state index in [1.807, 2.05) is 31.2 Å². The average Bonchev–Trinajstić information content (AvgIpc) is 2.99. The van der Waals surface area contributed by atoms with Crippen molar-refractivity contribution in [3.05, 3.63) is 65.1 Å². The van der Waals surface area contributed by atoms with Crippen LogP contribution in [0.15, 0.2) is 42.6 Å². The fourth-order valence-corrected chi connectivity index (χ4v) is 3.86. The van der Waals surface area contributed by atoms with Crippen LogP contribution in [-0.4, -0.2) is 19.7 Å². The van der Waals surface area contributed by atoms with E-state index >= 15 is 0 Å². The molecule has 5 nitrogen and oxygen atoms in total. The summed E-state index contributed by atoms with van der Waals surface area (Å²) in [5, 5.41) is 9.64. The predicted molar refractivity (Wildman–Crippen MR) is 105 cm³/mol. The summed E-state index contributed by atoms with van der Waals surface area (Å²) in [7, 11) is -3.55. The van der Waals surface area contributed by atoms with Gasteiger partial charge in [0.15, 0.2) is 0 Å². The van der Waals surface area contributed by atoms with Crippen LogP contribution in [0.25, 0.3) is 10.9 Å². The minimum Gasteiger partial charge on any atom is -0.359 e. The fraction of sp³-hybridized carbons (Fsp3) is 0.250. The maximum atomic E-state index is 14.2. The molecule has 1 atom stereocenters. The van der Waals surface area contributed by atoms with E-state index in [1.54, 1.807) is 6.20 Å². The molecule has 0 fully saturated rings. The van der Waals surface area contributed by atoms with Gasteiger partial charge in [0.1, 0.15) is 5.82 Å². The highest BCUT2D eigenvalue weighted by Crippen LogP contribution is 2.37. The highest BCUT2D eigenvalue weighted by atomic mass is 32.2. The van der Waals surface area contributed by atoms with Crippen molar-refractivity contribution in [2.45, 2.75) is 25.7 Å². The number of aromatic nitrogens is 1. The van der Waals surface area contributed by atoms with Gasteiger partial charge in [-0.25, -0.2) is 12.8 Å². The lowest BCUT2D eigenvalue weighted by molar-refractivity contribution is 0.606. The standard InChI is InChI=1S/C20H20FN3O2S/c1-13-5-7-14(8-6-13)16(4-3-9-22)18-12-23-20-17(18)10-15(21)11-19(20)24-27(2,25)26/h5-8,10-12,16,23-24H,3-4H2,1-2H3. The van der Waals surface area contributed by atoms with Crippen LogP contribution in [0, 0.1) is 24.1 Å². The first-order valence-electron chi connectivity index (χ1n) is 8.50. The largest absolute Gasteiger partial charge is 0.359 e. The molecule has 27 heavy (non-hydrogen) atoms. The smallest absolute Gasteiger partial charge is 0.229 e. The summed E-state index contributed by atoms with van der Waals surface area (Å²) < 4.78 is 39.8. The predicted octanol–water partition coefficient (Wildman–Crippen LogP) is 4.42. The summed E-state index contributed by atoms with van der Waals surface area (Å²) in [6.07, 6.45) is 3.72. The third-order valence-corrected chi connectivity index (χ3v) is 5.07. The van der Waals surface area contributed by atoms with E-state index in [0.29, 0.717) is 23.7 Å². The van der Waals surface area contributed by atoms with E-state index in [0.717, 1.165) is 29.0 Å². The van der Waals surface area contributed by atoms with E-state index in [-0.39, 0.29) is 11.6 Å². The van der Waals surface area contributed by atoms with Gasteiger partial charge >= 0.3 is 0 Å². The third-order valence-electron chi connectivity index (χ3n) is 4.48. The van der Waals surface area contributed by atoms with Gasteiger partial charge in [0, 0.05) is 30.0 Å². The van der Waals surface area contributed by atoms with Crippen LogP contribution in [0.2, 0.25) is 0 Å². The SMILES string of the molecule is Cc1ccc(C(CCC#N)c2c[nH]c3c(NS(C)(=O)=O)cc(F)cc23)cc1. The number of nitrogens with one attached hydrogen (secondary N) is 2. The number of benzene rings is 2. The number of nitriles is 1. The second-order valence-corrected chi connectivity index (χ2v) is 8.40. The Labute approximate surface area is 157 Å². The molecular weight excluding hydrogens is 365 g/mol. The third kappa shape index (κ3) is 4.29. The van der Waals surface area contributed by atoms with E-state index in [4.69, 9.17) is 5.26 Å². The molecule has 0 spiro atoms. The van der Waals surface area contributed by atoms with Crippen LogP contribution in [0.3, 0.4) is 0 Å². The van der Waals surface area contributed by atoms with Crippen molar-refractivity contribution in [2.75, 3.05) is 11.0 Å². The van der Waals surface area contributed by atoms with Crippen LogP contribution in [0.5, 0.6) is 0 Å². The average molecular weight is 385 g/mol. The number of hydrogen-bond donors (Lipinski definition) is 2. The zero-order chi connectivity index (χ0) is 19.6. The highest BCUT2D eigenvalue weighted by Gasteiger charge is 2.20. The molecule has 0 saturated carbocycles. The van der Waals surface area contributed by atoms with Gasteiger partial charge in [0.05, 0.1) is 23.5 Å². The van der Waals surface area contributed by atoms with Crippen molar-refractivity contribution in [3.63, 3.8) is 0 Å². The van der Waals surface area contributed by atoms with E-state index in [9.17, 15) is 12.8 Å². The molecule has 140 valence electrons. The summed E-state index contributed by atoms with van der Waals surface area (Å²) in [6.45, 7) is 2.00. The number of aryl methyl sites for hydroxylation is 1. The van der Waals surface area contributed by atoms with Gasteiger partial charge in [-0.3, -0.25) is 4.72 Å². The van der Waals surface area contributed by atoms with Crippen molar-refractivity contribution >= 4 is 26.6 Å². The molecule has 1 heterocycles. The highest BCUT2D eigenvalue weighted by molar-refractivity contribution is 7.92. The van der Waals surface area contributed by atoms with Crippen LogP contribution in [0.4, 0.5) is 10.1 Å². The van der Waals surface area contributed by atoms with E-state index in [1.165, 1.54) is 6.07 Å². The molecule has 0 aliphatic rings. The number of nitrogens with zero attached hydrogens (tertiary/aromatic N) is 1. The monoisotopic (exact) mass is 385 g/mol. The topological polar surface area (TPSA) is 85.8 Å². The molecule has 0 aliphatic heterocycles. The number of anilines is 1. The summed E-state index contributed by atoms with van der Waals surface area (Å²) in [5.41, 5.74) is 3.67. The Balaban J connectivity index is 2.15. The Bertz CT molecular complexity index is 1110. The maximum absolute atomic E-state index is 14.2. The summed E-state index contributed by atoms with van der Waals surface area (Å²) >= 11 is 0. The van der Waals surface area contributed by atoms with Crippen molar-refractivity contribution in [2.24, 2.45) is 0 Å². The maximum Gasteiger partial charge on any atom is 0.229 e. The number of aromatic amines is 1. The number of halogens is 1. The molecule has 3 rings (SSSR count). The van der Waals surface area contributed by atoms with Gasteiger partial charge in [0.2, 0.25) is 10.0 Å². The first-order chi connectivity index (χ1) is 12.8. The molecule has 0 saturated heterocycles. The molecular formula is C20H20FN3O2S. The van der Waals surface area contributed by atoms with Gasteiger partial charge in [-0.05, 0) is 30.5 Å². The molecule has 1 unspecified atom stereocenters. The molecule has 0 radical (unpaired) electrons. The summed E-state index contributed by atoms with van der Waals surface area (Å²) in [4.78, 5) is 3.07. The molecule has 7 heteroatoms. The Morgan fingerprint density at radius 3 is 2.59 bits per heavy atom. The van der Waals surface area contributed by atoms with E-state index in [2.05, 4.69) is 15.8 Å². The van der Waals surface area contributed by atoms with Crippen LogP contribution in [0.1, 0.15) is 35.4 Å². The summed E-state index contributed by atoms with van der Waals surface area (Å²) in [6, 6.07) is 12.7. The van der Waals surface area contributed by atoms with Gasteiger partial charge in [-0.2, -0.15) is 5.26 Å². The normalized spacial score (nSPS) is 12.7. The molecule has 0 aliphatic carbocycles. The minimum atomic E-state index is -3.55. The van der Waals surface area contributed by atoms with Crippen molar-refractivity contribution in [1.29, 1.82) is 5.26 Å². The van der Waals surface area contributed by atoms with Crippen LogP contribution in [-0.2, 0) is 10.0 Å². The van der Waals surface area contributed by atoms with Crippen LogP contribution >= 0.6 is 0 Å².